The minimum absolute atomic E-state index is 0.274. The Hall–Kier alpha value is -1.64. The van der Waals surface area contributed by atoms with Crippen LogP contribution < -0.4 is 10.6 Å². The number of nitrogens with one attached hydrogen (secondary N) is 2. The molecule has 2 heterocycles. The highest BCUT2D eigenvalue weighted by Crippen LogP contribution is 2.14. The molecule has 1 aromatic rings. The number of nitrogens with zero attached hydrogens (tertiary/aromatic N) is 3. The first kappa shape index (κ1) is 21.1. The van der Waals surface area contributed by atoms with Crippen LogP contribution in [-0.2, 0) is 16.6 Å². The zero-order chi connectivity index (χ0) is 19.8. The van der Waals surface area contributed by atoms with Crippen molar-refractivity contribution in [2.75, 3.05) is 45.0 Å². The van der Waals surface area contributed by atoms with Crippen LogP contribution in [0.5, 0.6) is 0 Å². The van der Waals surface area contributed by atoms with Crippen molar-refractivity contribution in [3.05, 3.63) is 35.9 Å². The van der Waals surface area contributed by atoms with Crippen molar-refractivity contribution in [3.8, 4) is 0 Å². The number of piperidine rings is 1. The van der Waals surface area contributed by atoms with Crippen LogP contribution in [0.2, 0.25) is 0 Å². The molecule has 2 saturated heterocycles. The average molecular weight is 408 g/mol. The van der Waals surface area contributed by atoms with E-state index in [-0.39, 0.29) is 5.75 Å². The Morgan fingerprint density at radius 1 is 1.18 bits per heavy atom. The number of guanidine groups is 1. The van der Waals surface area contributed by atoms with Crippen molar-refractivity contribution in [1.29, 1.82) is 0 Å². The van der Waals surface area contributed by atoms with E-state index in [2.05, 4.69) is 50.9 Å². The molecule has 28 heavy (non-hydrogen) atoms. The third-order valence-electron chi connectivity index (χ3n) is 5.34. The van der Waals surface area contributed by atoms with Gasteiger partial charge >= 0.3 is 0 Å². The van der Waals surface area contributed by atoms with E-state index in [1.807, 2.05) is 6.92 Å². The van der Waals surface area contributed by atoms with Crippen LogP contribution in [0.25, 0.3) is 0 Å². The summed E-state index contributed by atoms with van der Waals surface area (Å²) in [6.45, 7) is 7.56. The van der Waals surface area contributed by atoms with E-state index in [9.17, 15) is 8.42 Å². The van der Waals surface area contributed by atoms with E-state index >= 15 is 0 Å². The summed E-state index contributed by atoms with van der Waals surface area (Å²) in [5.74, 6) is 1.07. The van der Waals surface area contributed by atoms with Gasteiger partial charge in [-0.3, -0.25) is 9.89 Å². The largest absolute Gasteiger partial charge is 0.357 e. The zero-order valence-electron chi connectivity index (χ0n) is 16.8. The summed E-state index contributed by atoms with van der Waals surface area (Å²) in [5.41, 5.74) is 1.36. The summed E-state index contributed by atoms with van der Waals surface area (Å²) in [5, 5.41) is 6.82. The Labute approximate surface area is 169 Å². The van der Waals surface area contributed by atoms with Gasteiger partial charge < -0.3 is 10.6 Å². The summed E-state index contributed by atoms with van der Waals surface area (Å²) in [6.07, 6.45) is 2.89. The summed E-state index contributed by atoms with van der Waals surface area (Å²) in [4.78, 5) is 7.09. The number of hydrogen-bond donors (Lipinski definition) is 2. The van der Waals surface area contributed by atoms with Crippen molar-refractivity contribution < 1.29 is 8.42 Å². The second kappa shape index (κ2) is 10.2. The lowest BCUT2D eigenvalue weighted by atomic mass is 10.0. The van der Waals surface area contributed by atoms with Gasteiger partial charge in [0.25, 0.3) is 0 Å². The summed E-state index contributed by atoms with van der Waals surface area (Å²) in [6, 6.07) is 11.0. The van der Waals surface area contributed by atoms with Crippen molar-refractivity contribution in [2.24, 2.45) is 4.99 Å². The molecule has 0 unspecified atom stereocenters. The molecule has 0 radical (unpaired) electrons. The molecule has 0 amide bonds. The first-order valence-corrected chi connectivity index (χ1v) is 12.0. The normalized spacial score (nSPS) is 21.7. The van der Waals surface area contributed by atoms with Crippen LogP contribution in [0.4, 0.5) is 0 Å². The Bertz CT molecular complexity index is 730. The molecule has 0 spiro atoms. The van der Waals surface area contributed by atoms with Gasteiger partial charge in [0.1, 0.15) is 0 Å². The van der Waals surface area contributed by atoms with Crippen molar-refractivity contribution in [2.45, 2.75) is 38.8 Å². The molecule has 0 aliphatic carbocycles. The summed E-state index contributed by atoms with van der Waals surface area (Å²) >= 11 is 0. The van der Waals surface area contributed by atoms with Gasteiger partial charge in [-0.05, 0) is 31.7 Å². The van der Waals surface area contributed by atoms with Gasteiger partial charge in [0.15, 0.2) is 5.96 Å². The highest BCUT2D eigenvalue weighted by atomic mass is 32.2. The monoisotopic (exact) mass is 407 g/mol. The van der Waals surface area contributed by atoms with Crippen LogP contribution in [0.1, 0.15) is 31.7 Å². The molecular formula is C20H33N5O2S. The van der Waals surface area contributed by atoms with Gasteiger partial charge in [-0.15, -0.1) is 0 Å². The minimum atomic E-state index is -3.04. The molecule has 7 nitrogen and oxygen atoms in total. The van der Waals surface area contributed by atoms with Gasteiger partial charge in [0, 0.05) is 45.3 Å². The molecule has 156 valence electrons. The van der Waals surface area contributed by atoms with Crippen LogP contribution in [0, 0.1) is 0 Å². The first-order chi connectivity index (χ1) is 13.6. The maximum Gasteiger partial charge on any atom is 0.214 e. The summed E-state index contributed by atoms with van der Waals surface area (Å²) < 4.78 is 25.3. The molecule has 2 N–H and O–H groups in total. The highest BCUT2D eigenvalue weighted by Gasteiger charge is 2.27. The van der Waals surface area contributed by atoms with Crippen LogP contribution in [-0.4, -0.2) is 74.6 Å². The molecule has 1 aromatic carbocycles. The Kier molecular flexibility index (Phi) is 7.70. The zero-order valence-corrected chi connectivity index (χ0v) is 17.6. The molecule has 2 aliphatic heterocycles. The van der Waals surface area contributed by atoms with Crippen molar-refractivity contribution >= 4 is 16.0 Å². The topological polar surface area (TPSA) is 77.0 Å². The molecule has 3 rings (SSSR count). The second-order valence-corrected chi connectivity index (χ2v) is 9.60. The Morgan fingerprint density at radius 3 is 2.57 bits per heavy atom. The number of sulfonamides is 1. The predicted octanol–water partition coefficient (Wildman–Crippen LogP) is 1.24. The third-order valence-corrected chi connectivity index (χ3v) is 7.30. The number of rotatable bonds is 7. The molecule has 8 heteroatoms. The van der Waals surface area contributed by atoms with E-state index in [4.69, 9.17) is 0 Å². The molecule has 0 aromatic heterocycles. The molecule has 2 fully saturated rings. The Morgan fingerprint density at radius 2 is 1.93 bits per heavy atom. The van der Waals surface area contributed by atoms with Crippen LogP contribution >= 0.6 is 0 Å². The lowest BCUT2D eigenvalue weighted by molar-refractivity contribution is 0.198. The first-order valence-electron chi connectivity index (χ1n) is 10.4. The van der Waals surface area contributed by atoms with E-state index in [1.54, 1.807) is 4.31 Å². The van der Waals surface area contributed by atoms with Gasteiger partial charge in [-0.25, -0.2) is 12.7 Å². The maximum absolute atomic E-state index is 11.9. The average Bonchev–Trinajstić information content (AvgIpc) is 3.02. The van der Waals surface area contributed by atoms with Crippen LogP contribution in [0.15, 0.2) is 35.3 Å². The lowest BCUT2D eigenvalue weighted by Crippen LogP contribution is -2.48. The quantitative estimate of drug-likeness (QED) is 0.525. The fourth-order valence-electron chi connectivity index (χ4n) is 3.81. The molecule has 0 bridgehead atoms. The van der Waals surface area contributed by atoms with E-state index in [1.165, 1.54) is 5.56 Å². The molecule has 2 aliphatic rings. The minimum Gasteiger partial charge on any atom is -0.357 e. The predicted molar refractivity (Wildman–Crippen MR) is 114 cm³/mol. The Balaban J connectivity index is 1.44. The molecule has 0 saturated carbocycles. The molecular weight excluding hydrogens is 374 g/mol. The summed E-state index contributed by atoms with van der Waals surface area (Å²) in [7, 11) is -3.04. The van der Waals surface area contributed by atoms with Crippen molar-refractivity contribution in [1.82, 2.24) is 19.8 Å². The van der Waals surface area contributed by atoms with Crippen LogP contribution in [0.3, 0.4) is 0 Å². The van der Waals surface area contributed by atoms with Gasteiger partial charge in [0.05, 0.1) is 12.3 Å². The van der Waals surface area contributed by atoms with E-state index < -0.39 is 10.0 Å². The number of benzene rings is 1. The third kappa shape index (κ3) is 6.18. The number of hydrogen-bond acceptors (Lipinski definition) is 4. The smallest absolute Gasteiger partial charge is 0.214 e. The SMILES string of the molecule is CCNC(=NCCN1CCCS1(=O)=O)NC1CCN(Cc2ccccc2)CC1. The van der Waals surface area contributed by atoms with E-state index in [0.29, 0.717) is 25.7 Å². The molecule has 0 atom stereocenters. The van der Waals surface area contributed by atoms with E-state index in [0.717, 1.165) is 51.4 Å². The second-order valence-electron chi connectivity index (χ2n) is 7.51. The van der Waals surface area contributed by atoms with Gasteiger partial charge in [-0.2, -0.15) is 0 Å². The fourth-order valence-corrected chi connectivity index (χ4v) is 5.33. The number of likely N-dealkylation sites (tertiary alicyclic amines) is 1. The highest BCUT2D eigenvalue weighted by molar-refractivity contribution is 7.89. The van der Waals surface area contributed by atoms with Crippen molar-refractivity contribution in [3.63, 3.8) is 0 Å². The number of aliphatic imine (C=N–C) groups is 1. The maximum atomic E-state index is 11.9. The fraction of sp³-hybridized carbons (Fsp3) is 0.650. The van der Waals surface area contributed by atoms with Gasteiger partial charge in [-0.1, -0.05) is 30.3 Å². The lowest BCUT2D eigenvalue weighted by Gasteiger charge is -2.33. The van der Waals surface area contributed by atoms with Gasteiger partial charge in [0.2, 0.25) is 10.0 Å². The standard InChI is InChI=1S/C20H33N5O2S/c1-2-21-20(22-11-15-25-12-6-16-28(25,26)27)23-19-9-13-24(14-10-19)17-18-7-4-3-5-8-18/h3-5,7-8,19H,2,6,9-17H2,1H3,(H2,21,22,23).